The van der Waals surface area contributed by atoms with Gasteiger partial charge in [0.25, 0.3) is 0 Å². The van der Waals surface area contributed by atoms with Crippen molar-refractivity contribution in [3.63, 3.8) is 0 Å². The molecule has 0 spiro atoms. The Kier molecular flexibility index (Phi) is 5.67. The van der Waals surface area contributed by atoms with Crippen molar-refractivity contribution < 1.29 is 0 Å². The van der Waals surface area contributed by atoms with Gasteiger partial charge in [0.15, 0.2) is 5.65 Å². The van der Waals surface area contributed by atoms with Gasteiger partial charge in [-0.3, -0.25) is 9.39 Å². The quantitative estimate of drug-likeness (QED) is 0.647. The average Bonchev–Trinajstić information content (AvgIpc) is 3.12. The Balaban J connectivity index is 1.54. The maximum atomic E-state index is 4.77. The zero-order valence-electron chi connectivity index (χ0n) is 16.7. The summed E-state index contributed by atoms with van der Waals surface area (Å²) < 4.78 is 2.16. The lowest BCUT2D eigenvalue weighted by molar-refractivity contribution is 0.479. The number of aliphatic imine (C=N–C) groups is 1. The molecule has 0 unspecified atom stereocenters. The van der Waals surface area contributed by atoms with E-state index in [1.165, 1.54) is 11.3 Å². The number of hydrogen-bond acceptors (Lipinski definition) is 5. The summed E-state index contributed by atoms with van der Waals surface area (Å²) in [6, 6.07) is 15.2. The molecule has 6 nitrogen and oxygen atoms in total. The van der Waals surface area contributed by atoms with Crippen molar-refractivity contribution in [3.8, 4) is 0 Å². The Morgan fingerprint density at radius 2 is 1.93 bits per heavy atom. The smallest absolute Gasteiger partial charge is 0.184 e. The van der Waals surface area contributed by atoms with E-state index in [-0.39, 0.29) is 0 Å². The summed E-state index contributed by atoms with van der Waals surface area (Å²) in [5, 5.41) is 15.9. The van der Waals surface area contributed by atoms with Crippen LogP contribution in [0.25, 0.3) is 5.65 Å². The molecule has 0 aliphatic carbocycles. The topological polar surface area (TPSA) is 66.6 Å². The van der Waals surface area contributed by atoms with Crippen LogP contribution in [0.2, 0.25) is 0 Å². The summed E-state index contributed by atoms with van der Waals surface area (Å²) in [5.74, 6) is 0.912. The van der Waals surface area contributed by atoms with E-state index >= 15 is 0 Å². The highest BCUT2D eigenvalue weighted by Crippen LogP contribution is 2.22. The van der Waals surface area contributed by atoms with Crippen LogP contribution in [0.4, 0.5) is 5.69 Å². The number of aromatic nitrogens is 3. The highest BCUT2D eigenvalue weighted by Gasteiger charge is 2.17. The third-order valence-corrected chi connectivity index (χ3v) is 5.31. The molecule has 4 rings (SSSR count). The van der Waals surface area contributed by atoms with Crippen LogP contribution < -0.4 is 10.6 Å². The monoisotopic (exact) mass is 376 g/mol. The van der Waals surface area contributed by atoms with E-state index in [4.69, 9.17) is 4.99 Å². The Hall–Kier alpha value is -2.73. The number of aryl methyl sites for hydroxylation is 1. The molecule has 1 aromatic carbocycles. The fraction of sp³-hybridized carbons (Fsp3) is 0.409. The minimum Gasteiger partial charge on any atom is -0.379 e. The lowest BCUT2D eigenvalue weighted by atomic mass is 10.1. The first kappa shape index (κ1) is 18.6. The number of fused-ring (bicyclic) bond motifs is 1. The minimum absolute atomic E-state index is 0.488. The molecule has 0 atom stereocenters. The van der Waals surface area contributed by atoms with Gasteiger partial charge in [-0.25, -0.2) is 0 Å². The first-order chi connectivity index (χ1) is 13.7. The summed E-state index contributed by atoms with van der Waals surface area (Å²) in [7, 11) is 0. The molecule has 1 aliphatic rings. The molecule has 0 saturated carbocycles. The molecule has 3 heterocycles. The number of rotatable bonds is 6. The van der Waals surface area contributed by atoms with Crippen LogP contribution >= 0.6 is 0 Å². The van der Waals surface area contributed by atoms with Gasteiger partial charge in [0.1, 0.15) is 5.82 Å². The number of pyridine rings is 1. The first-order valence-corrected chi connectivity index (χ1v) is 10.1. The number of nitrogens with one attached hydrogen (secondary N) is 2. The maximum Gasteiger partial charge on any atom is 0.184 e. The van der Waals surface area contributed by atoms with Gasteiger partial charge in [-0.15, -0.1) is 10.2 Å². The van der Waals surface area contributed by atoms with Gasteiger partial charge in [-0.1, -0.05) is 30.3 Å². The summed E-state index contributed by atoms with van der Waals surface area (Å²) in [6.45, 7) is 6.94. The molecule has 1 aliphatic heterocycles. The first-order valence-electron chi connectivity index (χ1n) is 10.1. The lowest BCUT2D eigenvalue weighted by Gasteiger charge is -2.25. The molecule has 0 amide bonds. The Morgan fingerprint density at radius 3 is 2.71 bits per heavy atom. The molecule has 1 saturated heterocycles. The number of hydrogen-bond donors (Lipinski definition) is 2. The van der Waals surface area contributed by atoms with Crippen molar-refractivity contribution in [1.29, 1.82) is 0 Å². The molecule has 2 N–H and O–H groups in total. The predicted molar refractivity (Wildman–Crippen MR) is 114 cm³/mol. The van der Waals surface area contributed by atoms with Crippen molar-refractivity contribution in [2.24, 2.45) is 4.99 Å². The summed E-state index contributed by atoms with van der Waals surface area (Å²) in [4.78, 5) is 4.77. The predicted octanol–water partition coefficient (Wildman–Crippen LogP) is 3.41. The van der Waals surface area contributed by atoms with Crippen molar-refractivity contribution in [1.82, 2.24) is 19.9 Å². The molecule has 6 heteroatoms. The fourth-order valence-electron chi connectivity index (χ4n) is 3.77. The Morgan fingerprint density at radius 1 is 1.14 bits per heavy atom. The van der Waals surface area contributed by atoms with Gasteiger partial charge in [0.05, 0.1) is 12.2 Å². The van der Waals surface area contributed by atoms with E-state index in [2.05, 4.69) is 68.6 Å². The third kappa shape index (κ3) is 4.22. The second-order valence-electron chi connectivity index (χ2n) is 7.53. The van der Waals surface area contributed by atoms with Crippen LogP contribution in [0.1, 0.15) is 36.8 Å². The van der Waals surface area contributed by atoms with E-state index < -0.39 is 0 Å². The molecule has 146 valence electrons. The normalized spacial score (nSPS) is 15.9. The number of anilines is 1. The van der Waals surface area contributed by atoms with Crippen molar-refractivity contribution in [2.75, 3.05) is 18.4 Å². The van der Waals surface area contributed by atoms with Crippen LogP contribution in [-0.2, 0) is 13.0 Å². The Bertz CT molecular complexity index is 954. The van der Waals surface area contributed by atoms with Gasteiger partial charge < -0.3 is 10.6 Å². The van der Waals surface area contributed by atoms with E-state index in [1.807, 2.05) is 13.0 Å². The maximum absolute atomic E-state index is 4.77. The number of piperidine rings is 1. The van der Waals surface area contributed by atoms with Crippen LogP contribution in [0.15, 0.2) is 47.5 Å². The summed E-state index contributed by atoms with van der Waals surface area (Å²) >= 11 is 0. The zero-order valence-corrected chi connectivity index (χ0v) is 16.7. The highest BCUT2D eigenvalue weighted by molar-refractivity contribution is 5.84. The van der Waals surface area contributed by atoms with Gasteiger partial charge in [-0.05, 0) is 57.5 Å². The second kappa shape index (κ2) is 8.52. The SMILES string of the molecule is CC(Cc1ccc(NC2CCNCC2)c2nnc(C)n12)=NCc1ccccc1. The molecule has 3 aromatic rings. The van der Waals surface area contributed by atoms with Crippen LogP contribution in [0.3, 0.4) is 0 Å². The minimum atomic E-state index is 0.488. The molecule has 0 radical (unpaired) electrons. The molecule has 0 bridgehead atoms. The summed E-state index contributed by atoms with van der Waals surface area (Å²) in [6.07, 6.45) is 3.05. The average molecular weight is 377 g/mol. The molecule has 2 aromatic heterocycles. The van der Waals surface area contributed by atoms with E-state index in [1.54, 1.807) is 0 Å². The van der Waals surface area contributed by atoms with Crippen molar-refractivity contribution in [3.05, 3.63) is 59.5 Å². The molecule has 1 fully saturated rings. The van der Waals surface area contributed by atoms with E-state index in [0.717, 1.165) is 55.2 Å². The van der Waals surface area contributed by atoms with Crippen LogP contribution in [-0.4, -0.2) is 39.4 Å². The van der Waals surface area contributed by atoms with Gasteiger partial charge >= 0.3 is 0 Å². The molecular weight excluding hydrogens is 348 g/mol. The number of nitrogens with zero attached hydrogens (tertiary/aromatic N) is 4. The van der Waals surface area contributed by atoms with Crippen LogP contribution in [0, 0.1) is 6.92 Å². The van der Waals surface area contributed by atoms with E-state index in [9.17, 15) is 0 Å². The zero-order chi connectivity index (χ0) is 19.3. The Labute approximate surface area is 166 Å². The second-order valence-corrected chi connectivity index (χ2v) is 7.53. The van der Waals surface area contributed by atoms with Gasteiger partial charge in [0.2, 0.25) is 0 Å². The lowest BCUT2D eigenvalue weighted by Crippen LogP contribution is -2.35. The third-order valence-electron chi connectivity index (χ3n) is 5.31. The van der Waals surface area contributed by atoms with E-state index in [0.29, 0.717) is 12.6 Å². The molecular formula is C22H28N6. The van der Waals surface area contributed by atoms with Crippen molar-refractivity contribution in [2.45, 2.75) is 45.7 Å². The van der Waals surface area contributed by atoms with Gasteiger partial charge in [-0.2, -0.15) is 0 Å². The van der Waals surface area contributed by atoms with Crippen molar-refractivity contribution >= 4 is 17.0 Å². The largest absolute Gasteiger partial charge is 0.379 e. The molecule has 28 heavy (non-hydrogen) atoms. The standard InChI is InChI=1S/C22H28N6/c1-16(24-15-18-6-4-3-5-7-18)14-20-8-9-21(22-27-26-17(2)28(20)22)25-19-10-12-23-13-11-19/h3-9,19,23,25H,10-15H2,1-2H3. The number of benzene rings is 1. The fourth-order valence-corrected chi connectivity index (χ4v) is 3.77. The van der Waals surface area contributed by atoms with Crippen LogP contribution in [0.5, 0.6) is 0 Å². The highest BCUT2D eigenvalue weighted by atomic mass is 15.3. The van der Waals surface area contributed by atoms with Gasteiger partial charge in [0, 0.05) is 23.9 Å². The summed E-state index contributed by atoms with van der Waals surface area (Å²) in [5.41, 5.74) is 5.48.